The molecule has 0 fully saturated rings. The lowest BCUT2D eigenvalue weighted by Crippen LogP contribution is -2.10. The van der Waals surface area contributed by atoms with Gasteiger partial charge in [0, 0.05) is 27.3 Å². The van der Waals surface area contributed by atoms with Gasteiger partial charge in [0.15, 0.2) is 5.78 Å². The summed E-state index contributed by atoms with van der Waals surface area (Å²) in [4.78, 5) is 17.8. The highest BCUT2D eigenvalue weighted by Crippen LogP contribution is 2.44. The summed E-state index contributed by atoms with van der Waals surface area (Å²) in [7, 11) is 0. The second kappa shape index (κ2) is 5.21. The Morgan fingerprint density at radius 2 is 1.91 bits per heavy atom. The molecule has 0 radical (unpaired) electrons. The van der Waals surface area contributed by atoms with Crippen LogP contribution in [0.2, 0.25) is 5.02 Å². The van der Waals surface area contributed by atoms with Crippen molar-refractivity contribution < 1.29 is 9.90 Å². The van der Waals surface area contributed by atoms with Crippen LogP contribution in [-0.4, -0.2) is 15.9 Å². The van der Waals surface area contributed by atoms with Crippen LogP contribution >= 0.6 is 22.9 Å². The van der Waals surface area contributed by atoms with Gasteiger partial charge in [-0.05, 0) is 19.1 Å². The van der Waals surface area contributed by atoms with Crippen LogP contribution in [0.3, 0.4) is 0 Å². The number of Topliss-reactive ketones (excluding diaryl/α,β-unsaturated/α-hetero) is 1. The summed E-state index contributed by atoms with van der Waals surface area (Å²) in [5, 5.41) is 11.9. The number of ketones is 1. The van der Waals surface area contributed by atoms with Gasteiger partial charge in [-0.25, -0.2) is 4.98 Å². The standard InChI is InChI=1S/C17H16ClNO2S/c1-9-14(13-12(20)8-17(2,3)15(13)21)19-16(22-9)10-4-6-11(18)7-5-10/h4-7,21H,8H2,1-3H3. The van der Waals surface area contributed by atoms with Gasteiger partial charge in [0.2, 0.25) is 0 Å². The third-order valence-corrected chi connectivity index (χ3v) is 5.16. The largest absolute Gasteiger partial charge is 0.511 e. The molecule has 1 heterocycles. The lowest BCUT2D eigenvalue weighted by atomic mass is 9.91. The predicted molar refractivity (Wildman–Crippen MR) is 90.3 cm³/mol. The van der Waals surface area contributed by atoms with Crippen molar-refractivity contribution in [3.63, 3.8) is 0 Å². The van der Waals surface area contributed by atoms with Crippen LogP contribution < -0.4 is 0 Å². The van der Waals surface area contributed by atoms with E-state index in [2.05, 4.69) is 4.98 Å². The maximum atomic E-state index is 12.3. The van der Waals surface area contributed by atoms with Gasteiger partial charge >= 0.3 is 0 Å². The van der Waals surface area contributed by atoms with E-state index in [9.17, 15) is 9.90 Å². The highest BCUT2D eigenvalue weighted by Gasteiger charge is 2.40. The van der Waals surface area contributed by atoms with E-state index < -0.39 is 5.41 Å². The normalized spacial score (nSPS) is 17.4. The molecule has 0 amide bonds. The van der Waals surface area contributed by atoms with Gasteiger partial charge in [0.05, 0.1) is 11.3 Å². The molecule has 0 atom stereocenters. The van der Waals surface area contributed by atoms with Crippen LogP contribution in [0.15, 0.2) is 30.0 Å². The number of aromatic nitrogens is 1. The Bertz CT molecular complexity index is 787. The first-order valence-electron chi connectivity index (χ1n) is 7.00. The molecule has 114 valence electrons. The lowest BCUT2D eigenvalue weighted by Gasteiger charge is -2.15. The monoisotopic (exact) mass is 333 g/mol. The van der Waals surface area contributed by atoms with E-state index >= 15 is 0 Å². The van der Waals surface area contributed by atoms with E-state index in [-0.39, 0.29) is 11.5 Å². The Labute approximate surface area is 138 Å². The zero-order chi connectivity index (χ0) is 16.1. The minimum atomic E-state index is -0.511. The second-order valence-corrected chi connectivity index (χ2v) is 7.78. The average Bonchev–Trinajstić information content (AvgIpc) is 2.89. The topological polar surface area (TPSA) is 50.2 Å². The summed E-state index contributed by atoms with van der Waals surface area (Å²) in [5.74, 6) is 0.104. The molecule has 0 saturated heterocycles. The third-order valence-electron chi connectivity index (χ3n) is 3.88. The second-order valence-electron chi connectivity index (χ2n) is 6.14. The minimum Gasteiger partial charge on any atom is -0.511 e. The fourth-order valence-electron chi connectivity index (χ4n) is 2.63. The first-order valence-corrected chi connectivity index (χ1v) is 8.20. The summed E-state index contributed by atoms with van der Waals surface area (Å²) in [5.41, 5.74) is 1.42. The molecule has 2 aromatic rings. The third kappa shape index (κ3) is 2.46. The molecule has 22 heavy (non-hydrogen) atoms. The van der Waals surface area contributed by atoms with Crippen molar-refractivity contribution in [3.8, 4) is 10.6 Å². The molecule has 0 unspecified atom stereocenters. The van der Waals surface area contributed by atoms with Crippen LogP contribution in [0.1, 0.15) is 30.8 Å². The summed E-state index contributed by atoms with van der Waals surface area (Å²) >= 11 is 7.42. The van der Waals surface area contributed by atoms with Crippen LogP contribution in [0, 0.1) is 12.3 Å². The van der Waals surface area contributed by atoms with Crippen molar-refractivity contribution in [1.29, 1.82) is 0 Å². The zero-order valence-electron chi connectivity index (χ0n) is 12.6. The smallest absolute Gasteiger partial charge is 0.169 e. The SMILES string of the molecule is Cc1sc(-c2ccc(Cl)cc2)nc1C1=C(O)C(C)(C)CC1=O. The van der Waals surface area contributed by atoms with Gasteiger partial charge in [-0.1, -0.05) is 37.6 Å². The van der Waals surface area contributed by atoms with E-state index in [4.69, 9.17) is 11.6 Å². The van der Waals surface area contributed by atoms with Crippen molar-refractivity contribution in [2.24, 2.45) is 5.41 Å². The number of benzene rings is 1. The lowest BCUT2D eigenvalue weighted by molar-refractivity contribution is -0.114. The highest BCUT2D eigenvalue weighted by molar-refractivity contribution is 7.15. The number of hydrogen-bond donors (Lipinski definition) is 1. The number of allylic oxidation sites excluding steroid dienone is 2. The summed E-state index contributed by atoms with van der Waals surface area (Å²) in [6.45, 7) is 5.66. The molecule has 1 aromatic heterocycles. The average molecular weight is 334 g/mol. The van der Waals surface area contributed by atoms with Crippen molar-refractivity contribution >= 4 is 34.3 Å². The maximum absolute atomic E-state index is 12.3. The van der Waals surface area contributed by atoms with Crippen LogP contribution in [0.25, 0.3) is 16.1 Å². The van der Waals surface area contributed by atoms with Crippen LogP contribution in [-0.2, 0) is 4.79 Å². The molecule has 1 aliphatic rings. The van der Waals surface area contributed by atoms with Crippen molar-refractivity contribution in [2.75, 3.05) is 0 Å². The molecular formula is C17H16ClNO2S. The number of nitrogens with zero attached hydrogens (tertiary/aromatic N) is 1. The van der Waals surface area contributed by atoms with Crippen molar-refractivity contribution in [1.82, 2.24) is 4.98 Å². The molecule has 3 nitrogen and oxygen atoms in total. The van der Waals surface area contributed by atoms with Crippen molar-refractivity contribution in [3.05, 3.63) is 45.6 Å². The number of carbonyl (C=O) groups excluding carboxylic acids is 1. The fourth-order valence-corrected chi connectivity index (χ4v) is 3.68. The maximum Gasteiger partial charge on any atom is 0.169 e. The van der Waals surface area contributed by atoms with Crippen LogP contribution in [0.4, 0.5) is 0 Å². The number of halogens is 1. The molecule has 3 rings (SSSR count). The Morgan fingerprint density at radius 1 is 1.27 bits per heavy atom. The molecule has 5 heteroatoms. The summed E-state index contributed by atoms with van der Waals surface area (Å²) < 4.78 is 0. The summed E-state index contributed by atoms with van der Waals surface area (Å²) in [6, 6.07) is 7.43. The molecule has 1 aromatic carbocycles. The van der Waals surface area contributed by atoms with Gasteiger partial charge in [0.1, 0.15) is 10.8 Å². The number of thiazole rings is 1. The number of aliphatic hydroxyl groups is 1. The first-order chi connectivity index (χ1) is 10.3. The molecule has 1 aliphatic carbocycles. The molecule has 0 bridgehead atoms. The molecule has 1 N–H and O–H groups in total. The predicted octanol–water partition coefficient (Wildman–Crippen LogP) is 5.04. The Kier molecular flexibility index (Phi) is 3.62. The van der Waals surface area contributed by atoms with E-state index in [1.54, 1.807) is 0 Å². The highest BCUT2D eigenvalue weighted by atomic mass is 35.5. The van der Waals surface area contributed by atoms with E-state index in [0.29, 0.717) is 22.7 Å². The Balaban J connectivity index is 2.09. The number of carbonyl (C=O) groups is 1. The van der Waals surface area contributed by atoms with E-state index in [1.165, 1.54) is 11.3 Å². The Morgan fingerprint density at radius 3 is 2.45 bits per heavy atom. The molecule has 0 aliphatic heterocycles. The van der Waals surface area contributed by atoms with E-state index in [0.717, 1.165) is 15.4 Å². The molecular weight excluding hydrogens is 318 g/mol. The van der Waals surface area contributed by atoms with Gasteiger partial charge in [0.25, 0.3) is 0 Å². The van der Waals surface area contributed by atoms with Crippen molar-refractivity contribution in [2.45, 2.75) is 27.2 Å². The van der Waals surface area contributed by atoms with Gasteiger partial charge in [-0.15, -0.1) is 11.3 Å². The fraction of sp³-hybridized carbons (Fsp3) is 0.294. The number of aryl methyl sites for hydroxylation is 1. The molecule has 0 saturated carbocycles. The van der Waals surface area contributed by atoms with Crippen LogP contribution in [0.5, 0.6) is 0 Å². The quantitative estimate of drug-likeness (QED) is 0.837. The number of rotatable bonds is 2. The zero-order valence-corrected chi connectivity index (χ0v) is 14.2. The minimum absolute atomic E-state index is 0.0430. The summed E-state index contributed by atoms with van der Waals surface area (Å²) in [6.07, 6.45) is 0.321. The number of hydrogen-bond acceptors (Lipinski definition) is 4. The van der Waals surface area contributed by atoms with Gasteiger partial charge in [-0.2, -0.15) is 0 Å². The van der Waals surface area contributed by atoms with Gasteiger partial charge in [-0.3, -0.25) is 4.79 Å². The number of aliphatic hydroxyl groups excluding tert-OH is 1. The van der Waals surface area contributed by atoms with Gasteiger partial charge < -0.3 is 5.11 Å². The van der Waals surface area contributed by atoms with E-state index in [1.807, 2.05) is 45.0 Å². The Hall–Kier alpha value is -1.65. The first kappa shape index (κ1) is 15.3. The molecule has 0 spiro atoms.